The van der Waals surface area contributed by atoms with Crippen molar-refractivity contribution in [2.24, 2.45) is 0 Å². The molecule has 0 bridgehead atoms. The van der Waals surface area contributed by atoms with Gasteiger partial charge in [-0.05, 0) is 49.0 Å². The SMILES string of the molecule is COc1ccc(-c2nc(CN(C)Cc3ccc(Br)cc3)co2)cc1. The van der Waals surface area contributed by atoms with E-state index in [0.717, 1.165) is 34.6 Å². The van der Waals surface area contributed by atoms with Crippen LogP contribution in [0.1, 0.15) is 11.3 Å². The third-order valence-corrected chi connectivity index (χ3v) is 4.22. The van der Waals surface area contributed by atoms with Gasteiger partial charge in [0.1, 0.15) is 12.0 Å². The first-order valence-electron chi connectivity index (χ1n) is 7.66. The number of hydrogen-bond acceptors (Lipinski definition) is 4. The monoisotopic (exact) mass is 386 g/mol. The molecular weight excluding hydrogens is 368 g/mol. The first kappa shape index (κ1) is 16.7. The van der Waals surface area contributed by atoms with Crippen LogP contribution in [-0.2, 0) is 13.1 Å². The fourth-order valence-corrected chi connectivity index (χ4v) is 2.74. The Morgan fingerprint density at radius 1 is 1.04 bits per heavy atom. The molecule has 0 fully saturated rings. The lowest BCUT2D eigenvalue weighted by Crippen LogP contribution is -2.17. The van der Waals surface area contributed by atoms with Crippen LogP contribution < -0.4 is 4.74 Å². The summed E-state index contributed by atoms with van der Waals surface area (Å²) in [4.78, 5) is 6.78. The minimum atomic E-state index is 0.629. The van der Waals surface area contributed by atoms with Crippen molar-refractivity contribution in [1.29, 1.82) is 0 Å². The first-order chi connectivity index (χ1) is 11.6. The topological polar surface area (TPSA) is 38.5 Å². The summed E-state index contributed by atoms with van der Waals surface area (Å²) in [5, 5.41) is 0. The number of aromatic nitrogens is 1. The molecule has 1 heterocycles. The maximum atomic E-state index is 5.61. The van der Waals surface area contributed by atoms with Crippen LogP contribution in [0, 0.1) is 0 Å². The Labute approximate surface area is 150 Å². The number of methoxy groups -OCH3 is 1. The number of ether oxygens (including phenoxy) is 1. The molecule has 0 spiro atoms. The Balaban J connectivity index is 1.63. The van der Waals surface area contributed by atoms with Gasteiger partial charge in [0.05, 0.1) is 12.8 Å². The number of benzene rings is 2. The Bertz CT molecular complexity index is 782. The molecule has 0 aliphatic carbocycles. The number of nitrogens with zero attached hydrogens (tertiary/aromatic N) is 2. The Morgan fingerprint density at radius 3 is 2.42 bits per heavy atom. The van der Waals surface area contributed by atoms with Gasteiger partial charge in [-0.15, -0.1) is 0 Å². The lowest BCUT2D eigenvalue weighted by atomic mass is 10.2. The predicted molar refractivity (Wildman–Crippen MR) is 97.8 cm³/mol. The van der Waals surface area contributed by atoms with Gasteiger partial charge in [-0.1, -0.05) is 28.1 Å². The second-order valence-corrected chi connectivity index (χ2v) is 6.59. The van der Waals surface area contributed by atoms with Crippen molar-refractivity contribution in [3.8, 4) is 17.2 Å². The largest absolute Gasteiger partial charge is 0.497 e. The minimum absolute atomic E-state index is 0.629. The van der Waals surface area contributed by atoms with Gasteiger partial charge in [0.2, 0.25) is 5.89 Å². The van der Waals surface area contributed by atoms with Crippen LogP contribution in [0.4, 0.5) is 0 Å². The number of rotatable bonds is 6. The Hall–Kier alpha value is -2.11. The summed E-state index contributed by atoms with van der Waals surface area (Å²) in [6.45, 7) is 1.59. The van der Waals surface area contributed by atoms with Gasteiger partial charge >= 0.3 is 0 Å². The van der Waals surface area contributed by atoms with Gasteiger partial charge in [-0.3, -0.25) is 4.90 Å². The van der Waals surface area contributed by atoms with E-state index >= 15 is 0 Å². The summed E-state index contributed by atoms with van der Waals surface area (Å²) in [5.41, 5.74) is 3.12. The minimum Gasteiger partial charge on any atom is -0.497 e. The molecular formula is C19H19BrN2O2. The van der Waals surface area contributed by atoms with Crippen LogP contribution in [0.3, 0.4) is 0 Å². The molecule has 24 heavy (non-hydrogen) atoms. The normalized spacial score (nSPS) is 11.0. The van der Waals surface area contributed by atoms with E-state index in [2.05, 4.69) is 57.1 Å². The van der Waals surface area contributed by atoms with E-state index in [1.807, 2.05) is 24.3 Å². The van der Waals surface area contributed by atoms with Gasteiger partial charge in [0, 0.05) is 23.1 Å². The summed E-state index contributed by atoms with van der Waals surface area (Å²) in [7, 11) is 3.73. The molecule has 0 saturated carbocycles. The van der Waals surface area contributed by atoms with E-state index < -0.39 is 0 Å². The molecule has 3 rings (SSSR count). The lowest BCUT2D eigenvalue weighted by Gasteiger charge is -2.14. The predicted octanol–water partition coefficient (Wildman–Crippen LogP) is 4.74. The Morgan fingerprint density at radius 2 is 1.75 bits per heavy atom. The molecule has 3 aromatic rings. The van der Waals surface area contributed by atoms with E-state index in [0.29, 0.717) is 5.89 Å². The fraction of sp³-hybridized carbons (Fsp3) is 0.211. The van der Waals surface area contributed by atoms with Crippen molar-refractivity contribution in [3.05, 3.63) is 70.5 Å². The van der Waals surface area contributed by atoms with Crippen molar-refractivity contribution in [2.75, 3.05) is 14.2 Å². The molecule has 2 aromatic carbocycles. The number of halogens is 1. The zero-order chi connectivity index (χ0) is 16.9. The van der Waals surface area contributed by atoms with Gasteiger partial charge in [-0.25, -0.2) is 4.98 Å². The zero-order valence-corrected chi connectivity index (χ0v) is 15.3. The fourth-order valence-electron chi connectivity index (χ4n) is 2.48. The van der Waals surface area contributed by atoms with Crippen molar-refractivity contribution in [1.82, 2.24) is 9.88 Å². The molecule has 0 saturated heterocycles. The summed E-state index contributed by atoms with van der Waals surface area (Å²) in [5.74, 6) is 1.45. The van der Waals surface area contributed by atoms with E-state index in [1.165, 1.54) is 5.56 Å². The highest BCUT2D eigenvalue weighted by atomic mass is 79.9. The third-order valence-electron chi connectivity index (χ3n) is 3.69. The van der Waals surface area contributed by atoms with Gasteiger partial charge in [0.15, 0.2) is 0 Å². The van der Waals surface area contributed by atoms with Crippen LogP contribution in [-0.4, -0.2) is 24.0 Å². The van der Waals surface area contributed by atoms with Crippen molar-refractivity contribution in [2.45, 2.75) is 13.1 Å². The van der Waals surface area contributed by atoms with E-state index in [9.17, 15) is 0 Å². The molecule has 0 aliphatic heterocycles. The van der Waals surface area contributed by atoms with E-state index in [-0.39, 0.29) is 0 Å². The van der Waals surface area contributed by atoms with Crippen molar-refractivity contribution in [3.63, 3.8) is 0 Å². The maximum Gasteiger partial charge on any atom is 0.226 e. The van der Waals surface area contributed by atoms with Crippen LogP contribution in [0.5, 0.6) is 5.75 Å². The maximum absolute atomic E-state index is 5.61. The van der Waals surface area contributed by atoms with Crippen LogP contribution >= 0.6 is 15.9 Å². The van der Waals surface area contributed by atoms with Gasteiger partial charge in [-0.2, -0.15) is 0 Å². The summed E-state index contributed by atoms with van der Waals surface area (Å²) in [6.07, 6.45) is 1.72. The van der Waals surface area contributed by atoms with Crippen LogP contribution in [0.25, 0.3) is 11.5 Å². The third kappa shape index (κ3) is 4.24. The molecule has 0 N–H and O–H groups in total. The highest BCUT2D eigenvalue weighted by molar-refractivity contribution is 9.10. The van der Waals surface area contributed by atoms with Gasteiger partial charge < -0.3 is 9.15 Å². The Kier molecular flexibility index (Phi) is 5.33. The average molecular weight is 387 g/mol. The van der Waals surface area contributed by atoms with E-state index in [1.54, 1.807) is 13.4 Å². The smallest absolute Gasteiger partial charge is 0.226 e. The van der Waals surface area contributed by atoms with Crippen molar-refractivity contribution >= 4 is 15.9 Å². The van der Waals surface area contributed by atoms with E-state index in [4.69, 9.17) is 9.15 Å². The van der Waals surface area contributed by atoms with Crippen LogP contribution in [0.15, 0.2) is 63.7 Å². The summed E-state index contributed by atoms with van der Waals surface area (Å²) < 4.78 is 11.9. The summed E-state index contributed by atoms with van der Waals surface area (Å²) in [6, 6.07) is 16.0. The average Bonchev–Trinajstić information content (AvgIpc) is 3.05. The molecule has 124 valence electrons. The lowest BCUT2D eigenvalue weighted by molar-refractivity contribution is 0.315. The molecule has 0 amide bonds. The van der Waals surface area contributed by atoms with Gasteiger partial charge in [0.25, 0.3) is 0 Å². The first-order valence-corrected chi connectivity index (χ1v) is 8.45. The summed E-state index contributed by atoms with van der Waals surface area (Å²) >= 11 is 3.46. The molecule has 1 aromatic heterocycles. The number of hydrogen-bond donors (Lipinski definition) is 0. The van der Waals surface area contributed by atoms with Crippen LogP contribution in [0.2, 0.25) is 0 Å². The quantitative estimate of drug-likeness (QED) is 0.612. The highest BCUT2D eigenvalue weighted by Gasteiger charge is 2.09. The second-order valence-electron chi connectivity index (χ2n) is 5.67. The molecule has 5 heteroatoms. The molecule has 0 radical (unpaired) electrons. The molecule has 0 aliphatic rings. The molecule has 4 nitrogen and oxygen atoms in total. The van der Waals surface area contributed by atoms with Crippen molar-refractivity contribution < 1.29 is 9.15 Å². The standard InChI is InChI=1S/C19H19BrN2O2/c1-22(11-14-3-7-16(20)8-4-14)12-17-13-24-19(21-17)15-5-9-18(23-2)10-6-15/h3-10,13H,11-12H2,1-2H3. The molecule has 0 atom stereocenters. The molecule has 0 unspecified atom stereocenters. The number of oxazole rings is 1. The highest BCUT2D eigenvalue weighted by Crippen LogP contribution is 2.22. The zero-order valence-electron chi connectivity index (χ0n) is 13.7. The second kappa shape index (κ2) is 7.64.